The first-order valence-corrected chi connectivity index (χ1v) is 12.3. The van der Waals surface area contributed by atoms with Crippen molar-refractivity contribution in [3.8, 4) is 0 Å². The van der Waals surface area contributed by atoms with Gasteiger partial charge in [0.05, 0.1) is 5.56 Å². The van der Waals surface area contributed by atoms with E-state index in [9.17, 15) is 23.1 Å². The van der Waals surface area contributed by atoms with Gasteiger partial charge in [-0.25, -0.2) is 19.7 Å². The van der Waals surface area contributed by atoms with Crippen molar-refractivity contribution in [2.24, 2.45) is 5.92 Å². The summed E-state index contributed by atoms with van der Waals surface area (Å²) in [5.41, 5.74) is 1.82. The highest BCUT2D eigenvalue weighted by molar-refractivity contribution is 5.92. The lowest BCUT2D eigenvalue weighted by molar-refractivity contribution is -0.137. The minimum absolute atomic E-state index is 0.0743. The summed E-state index contributed by atoms with van der Waals surface area (Å²) >= 11 is 0. The zero-order valence-electron chi connectivity index (χ0n) is 20.0. The van der Waals surface area contributed by atoms with Crippen LogP contribution in [-0.2, 0) is 12.7 Å². The van der Waals surface area contributed by atoms with Crippen molar-refractivity contribution in [3.05, 3.63) is 53.1 Å². The van der Waals surface area contributed by atoms with Crippen LogP contribution in [0.15, 0.2) is 30.3 Å². The fourth-order valence-electron chi connectivity index (χ4n) is 4.93. The molecule has 190 valence electrons. The van der Waals surface area contributed by atoms with Crippen LogP contribution in [-0.4, -0.2) is 36.6 Å². The van der Waals surface area contributed by atoms with Crippen molar-refractivity contribution in [1.29, 1.82) is 0 Å². The number of hydrogen-bond donors (Lipinski definition) is 2. The number of imidazole rings is 1. The summed E-state index contributed by atoms with van der Waals surface area (Å²) in [5.74, 6) is -0.0733. The number of carboxylic acid groups (broad SMARTS) is 1. The van der Waals surface area contributed by atoms with Gasteiger partial charge in [-0.05, 0) is 74.6 Å². The van der Waals surface area contributed by atoms with Gasteiger partial charge in [0.25, 0.3) is 0 Å². The highest BCUT2D eigenvalue weighted by Gasteiger charge is 2.31. The lowest BCUT2D eigenvalue weighted by atomic mass is 9.80. The van der Waals surface area contributed by atoms with Crippen LogP contribution in [0.3, 0.4) is 0 Å². The summed E-state index contributed by atoms with van der Waals surface area (Å²) < 4.78 is 41.2. The van der Waals surface area contributed by atoms with Crippen LogP contribution in [0.5, 0.6) is 0 Å². The first-order chi connectivity index (χ1) is 17.2. The Balaban J connectivity index is 1.64. The zero-order valence-corrected chi connectivity index (χ0v) is 20.0. The smallest absolute Gasteiger partial charge is 0.416 e. The van der Waals surface area contributed by atoms with E-state index in [2.05, 4.69) is 28.3 Å². The number of allylic oxidation sites excluding steroid dienone is 2. The molecule has 1 fully saturated rings. The third kappa shape index (κ3) is 4.81. The van der Waals surface area contributed by atoms with E-state index in [4.69, 9.17) is 4.98 Å². The van der Waals surface area contributed by atoms with Crippen molar-refractivity contribution >= 4 is 28.5 Å². The fraction of sp³-hybridized carbons (Fsp3) is 0.462. The summed E-state index contributed by atoms with van der Waals surface area (Å²) in [7, 11) is 0. The van der Waals surface area contributed by atoms with E-state index in [0.717, 1.165) is 56.2 Å². The first-order valence-electron chi connectivity index (χ1n) is 12.3. The number of nitrogens with zero attached hydrogens (tertiary/aromatic N) is 4. The van der Waals surface area contributed by atoms with Gasteiger partial charge in [0.15, 0.2) is 11.5 Å². The maximum atomic E-state index is 13.1. The number of carboxylic acids is 1. The highest BCUT2D eigenvalue weighted by Crippen LogP contribution is 2.35. The van der Waals surface area contributed by atoms with E-state index in [1.807, 2.05) is 4.57 Å². The molecule has 0 radical (unpaired) electrons. The molecule has 1 atom stereocenters. The van der Waals surface area contributed by atoms with Crippen LogP contribution >= 0.6 is 0 Å². The number of aromatic carboxylic acids is 1. The second-order valence-corrected chi connectivity index (χ2v) is 9.69. The molecule has 2 aliphatic carbocycles. The molecule has 1 unspecified atom stereocenters. The Morgan fingerprint density at radius 1 is 1.14 bits per heavy atom. The highest BCUT2D eigenvalue weighted by atomic mass is 19.4. The van der Waals surface area contributed by atoms with Crippen LogP contribution in [0.1, 0.15) is 79.4 Å². The number of rotatable bonds is 7. The SMILES string of the molecule is CC(Nc1nc(C(=O)O)nc2nc(C3=CCCCC3)n(Cc3ccc(C(F)(F)F)cc3)c12)C1CCC1. The number of anilines is 1. The number of halogens is 3. The summed E-state index contributed by atoms with van der Waals surface area (Å²) in [5, 5.41) is 13.0. The molecule has 10 heteroatoms. The quantitative estimate of drug-likeness (QED) is 0.405. The monoisotopic (exact) mass is 499 g/mol. The van der Waals surface area contributed by atoms with Crippen molar-refractivity contribution in [2.45, 2.75) is 70.6 Å². The van der Waals surface area contributed by atoms with Crippen molar-refractivity contribution in [3.63, 3.8) is 0 Å². The van der Waals surface area contributed by atoms with E-state index in [1.165, 1.54) is 18.6 Å². The largest absolute Gasteiger partial charge is 0.475 e. The van der Waals surface area contributed by atoms with Gasteiger partial charge in [-0.1, -0.05) is 24.6 Å². The third-order valence-electron chi connectivity index (χ3n) is 7.22. The lowest BCUT2D eigenvalue weighted by Crippen LogP contribution is -2.31. The number of alkyl halides is 3. The second kappa shape index (κ2) is 9.55. The third-order valence-corrected chi connectivity index (χ3v) is 7.22. The van der Waals surface area contributed by atoms with Gasteiger partial charge in [-0.3, -0.25) is 0 Å². The molecule has 2 aromatic heterocycles. The predicted octanol–water partition coefficient (Wildman–Crippen LogP) is 6.15. The number of aromatic nitrogens is 4. The Bertz CT molecular complexity index is 1310. The molecule has 2 N–H and O–H groups in total. The number of benzene rings is 1. The molecule has 0 aliphatic heterocycles. The van der Waals surface area contributed by atoms with E-state index in [0.29, 0.717) is 28.6 Å². The Morgan fingerprint density at radius 3 is 2.47 bits per heavy atom. The fourth-order valence-corrected chi connectivity index (χ4v) is 4.93. The first kappa shape index (κ1) is 24.3. The van der Waals surface area contributed by atoms with Gasteiger partial charge in [0.1, 0.15) is 11.3 Å². The van der Waals surface area contributed by atoms with Crippen molar-refractivity contribution < 1.29 is 23.1 Å². The number of carbonyl (C=O) groups is 1. The lowest BCUT2D eigenvalue weighted by Gasteiger charge is -2.32. The van der Waals surface area contributed by atoms with Crippen molar-refractivity contribution in [2.75, 3.05) is 5.32 Å². The van der Waals surface area contributed by atoms with E-state index >= 15 is 0 Å². The van der Waals surface area contributed by atoms with Gasteiger partial charge in [-0.2, -0.15) is 13.2 Å². The molecular weight excluding hydrogens is 471 g/mol. The molecule has 5 rings (SSSR count). The maximum absolute atomic E-state index is 13.1. The van der Waals surface area contributed by atoms with Crippen molar-refractivity contribution in [1.82, 2.24) is 19.5 Å². The van der Waals surface area contributed by atoms with Crippen LogP contribution in [0.4, 0.5) is 19.0 Å². The molecule has 2 aliphatic rings. The molecule has 0 saturated heterocycles. The Kier molecular flexibility index (Phi) is 6.44. The van der Waals surface area contributed by atoms with Crippen LogP contribution in [0.2, 0.25) is 0 Å². The van der Waals surface area contributed by atoms with E-state index in [-0.39, 0.29) is 24.1 Å². The molecule has 1 saturated carbocycles. The Hall–Kier alpha value is -3.43. The Morgan fingerprint density at radius 2 is 1.89 bits per heavy atom. The minimum Gasteiger partial charge on any atom is -0.475 e. The normalized spacial score (nSPS) is 17.5. The molecule has 1 aromatic carbocycles. The summed E-state index contributed by atoms with van der Waals surface area (Å²) in [6.07, 6.45) is 4.89. The molecule has 0 amide bonds. The summed E-state index contributed by atoms with van der Waals surface area (Å²) in [6.45, 7) is 2.31. The van der Waals surface area contributed by atoms with Crippen LogP contribution in [0.25, 0.3) is 16.7 Å². The number of nitrogens with one attached hydrogen (secondary N) is 1. The van der Waals surface area contributed by atoms with Gasteiger partial charge in [-0.15, -0.1) is 0 Å². The number of hydrogen-bond acceptors (Lipinski definition) is 5. The maximum Gasteiger partial charge on any atom is 0.416 e. The van der Waals surface area contributed by atoms with Gasteiger partial charge in [0.2, 0.25) is 5.82 Å². The van der Waals surface area contributed by atoms with Gasteiger partial charge >= 0.3 is 12.1 Å². The molecule has 0 spiro atoms. The summed E-state index contributed by atoms with van der Waals surface area (Å²) in [4.78, 5) is 25.1. The molecule has 0 bridgehead atoms. The topological polar surface area (TPSA) is 92.9 Å². The van der Waals surface area contributed by atoms with Gasteiger partial charge in [0, 0.05) is 12.6 Å². The predicted molar refractivity (Wildman–Crippen MR) is 130 cm³/mol. The van der Waals surface area contributed by atoms with Crippen LogP contribution < -0.4 is 5.32 Å². The average molecular weight is 500 g/mol. The van der Waals surface area contributed by atoms with E-state index in [1.54, 1.807) is 0 Å². The minimum atomic E-state index is -4.41. The standard InChI is InChI=1S/C26H28F3N5O2/c1-15(17-8-5-9-17)30-21-20-22(32-23(31-21)25(35)36)33-24(18-6-3-2-4-7-18)34(20)14-16-10-12-19(13-11-16)26(27,28)29/h6,10-13,15,17H,2-5,7-9,14H2,1H3,(H,35,36)(H,30,31,32). The average Bonchev–Trinajstić information content (AvgIpc) is 3.16. The molecular formula is C26H28F3N5O2. The zero-order chi connectivity index (χ0) is 25.4. The Labute approximate surface area is 206 Å². The van der Waals surface area contributed by atoms with Gasteiger partial charge < -0.3 is 15.0 Å². The summed E-state index contributed by atoms with van der Waals surface area (Å²) in [6, 6.07) is 5.15. The molecule has 7 nitrogen and oxygen atoms in total. The molecule has 36 heavy (non-hydrogen) atoms. The second-order valence-electron chi connectivity index (χ2n) is 9.69. The van der Waals surface area contributed by atoms with E-state index < -0.39 is 17.7 Å². The molecule has 2 heterocycles. The number of fused-ring (bicyclic) bond motifs is 1. The molecule has 3 aromatic rings. The van der Waals surface area contributed by atoms with Crippen LogP contribution in [0, 0.1) is 5.92 Å².